The summed E-state index contributed by atoms with van der Waals surface area (Å²) in [5, 5.41) is 12.2. The zero-order valence-electron chi connectivity index (χ0n) is 23.7. The number of rotatable bonds is 9. The summed E-state index contributed by atoms with van der Waals surface area (Å²) >= 11 is 20.1. The van der Waals surface area contributed by atoms with Gasteiger partial charge in [-0.25, -0.2) is 0 Å². The summed E-state index contributed by atoms with van der Waals surface area (Å²) in [6.45, 7) is 3.92. The molecule has 0 aliphatic carbocycles. The van der Waals surface area contributed by atoms with Gasteiger partial charge in [0.1, 0.15) is 8.64 Å². The van der Waals surface area contributed by atoms with Crippen LogP contribution in [0.3, 0.4) is 0 Å². The van der Waals surface area contributed by atoms with Crippen LogP contribution in [0.1, 0.15) is 11.1 Å². The second-order valence-corrected chi connectivity index (χ2v) is 14.7. The van der Waals surface area contributed by atoms with Crippen LogP contribution in [0.4, 0.5) is 22.7 Å². The minimum atomic E-state index is -0.134. The summed E-state index contributed by atoms with van der Waals surface area (Å²) in [6, 6.07) is 27.1. The van der Waals surface area contributed by atoms with Crippen molar-refractivity contribution in [3.05, 3.63) is 105 Å². The van der Waals surface area contributed by atoms with E-state index in [1.807, 2.05) is 98.8 Å². The number of carbonyl (C=O) groups is 2. The fourth-order valence-electron chi connectivity index (χ4n) is 3.98. The van der Waals surface area contributed by atoms with E-state index in [1.165, 1.54) is 23.5 Å². The van der Waals surface area contributed by atoms with E-state index in [9.17, 15) is 9.59 Å². The predicted molar refractivity (Wildman–Crippen MR) is 204 cm³/mol. The molecule has 0 saturated carbocycles. The number of aryl methyl sites for hydroxylation is 2. The van der Waals surface area contributed by atoms with Gasteiger partial charge in [-0.05, 0) is 109 Å². The molecular weight excluding hydrogens is 760 g/mol. The molecule has 4 N–H and O–H groups in total. The van der Waals surface area contributed by atoms with E-state index >= 15 is 0 Å². The van der Waals surface area contributed by atoms with Crippen molar-refractivity contribution in [2.75, 3.05) is 32.8 Å². The molecule has 0 atom stereocenters. The van der Waals surface area contributed by atoms with E-state index in [0.29, 0.717) is 8.64 Å². The first-order valence-corrected chi connectivity index (χ1v) is 17.6. The average molecular weight is 789 g/mol. The second-order valence-electron chi connectivity index (χ2n) is 9.57. The Labute approximate surface area is 293 Å². The molecule has 4 aromatic rings. The van der Waals surface area contributed by atoms with Crippen LogP contribution in [0.15, 0.2) is 93.9 Å². The number of benzene rings is 4. The monoisotopic (exact) mass is 786 g/mol. The average Bonchev–Trinajstić information content (AvgIpc) is 2.99. The van der Waals surface area contributed by atoms with Gasteiger partial charge >= 0.3 is 0 Å². The van der Waals surface area contributed by atoms with Crippen molar-refractivity contribution in [1.82, 2.24) is 0 Å². The summed E-state index contributed by atoms with van der Waals surface area (Å²) in [5.41, 5.74) is 7.13. The molecule has 44 heavy (non-hydrogen) atoms. The molecule has 0 spiro atoms. The first-order chi connectivity index (χ1) is 21.0. The van der Waals surface area contributed by atoms with Crippen molar-refractivity contribution in [3.63, 3.8) is 0 Å². The Bertz CT molecular complexity index is 1560. The highest BCUT2D eigenvalue weighted by Crippen LogP contribution is 2.29. The van der Waals surface area contributed by atoms with Crippen LogP contribution in [-0.2, 0) is 9.59 Å². The summed E-state index contributed by atoms with van der Waals surface area (Å²) in [6.07, 6.45) is 0. The zero-order chi connectivity index (χ0) is 31.6. The van der Waals surface area contributed by atoms with Gasteiger partial charge < -0.3 is 21.3 Å². The van der Waals surface area contributed by atoms with Gasteiger partial charge in [0.15, 0.2) is 0 Å². The molecular formula is C32H28Br2N4O2S4. The summed E-state index contributed by atoms with van der Waals surface area (Å²) < 4.78 is 3.02. The molecule has 0 bridgehead atoms. The number of hydrogen-bond donors (Lipinski definition) is 4. The molecule has 226 valence electrons. The number of anilines is 4. The van der Waals surface area contributed by atoms with Gasteiger partial charge in [-0.2, -0.15) is 0 Å². The van der Waals surface area contributed by atoms with Crippen molar-refractivity contribution in [2.45, 2.75) is 13.8 Å². The van der Waals surface area contributed by atoms with Gasteiger partial charge in [-0.15, -0.1) is 0 Å². The first-order valence-electron chi connectivity index (χ1n) is 13.3. The van der Waals surface area contributed by atoms with Gasteiger partial charge in [0, 0.05) is 31.7 Å². The van der Waals surface area contributed by atoms with Crippen LogP contribution < -0.4 is 21.3 Å². The van der Waals surface area contributed by atoms with Crippen LogP contribution in [0.2, 0.25) is 0 Å². The molecule has 0 heterocycles. The van der Waals surface area contributed by atoms with Crippen LogP contribution in [-0.4, -0.2) is 32.0 Å². The van der Waals surface area contributed by atoms with E-state index in [4.69, 9.17) is 24.4 Å². The molecule has 0 radical (unpaired) electrons. The topological polar surface area (TPSA) is 82.3 Å². The van der Waals surface area contributed by atoms with Gasteiger partial charge in [0.2, 0.25) is 11.8 Å². The maximum Gasteiger partial charge on any atom is 0.234 e. The fraction of sp³-hybridized carbons (Fsp3) is 0.125. The van der Waals surface area contributed by atoms with Crippen molar-refractivity contribution < 1.29 is 9.59 Å². The Balaban J connectivity index is 1.26. The summed E-state index contributed by atoms with van der Waals surface area (Å²) in [5.74, 6) is 0.124. The minimum absolute atomic E-state index is 0.134. The van der Waals surface area contributed by atoms with Crippen molar-refractivity contribution in [1.29, 1.82) is 0 Å². The van der Waals surface area contributed by atoms with E-state index in [-0.39, 0.29) is 23.3 Å². The van der Waals surface area contributed by atoms with Crippen molar-refractivity contribution in [3.8, 4) is 11.1 Å². The number of halogens is 2. The molecule has 12 heteroatoms. The Kier molecular flexibility index (Phi) is 12.8. The van der Waals surface area contributed by atoms with Crippen LogP contribution in [0.5, 0.6) is 0 Å². The molecule has 4 rings (SSSR count). The SMILES string of the molecule is Cc1cc(-c2ccc(NC(=O)CSC(=S)Nc3ccc(Br)cc3)c(C)c2)ccc1NC(=O)CSC(=S)Nc1ccc(Br)cc1. The Morgan fingerprint density at radius 2 is 0.955 bits per heavy atom. The highest BCUT2D eigenvalue weighted by molar-refractivity contribution is 9.10. The molecule has 2 amide bonds. The lowest BCUT2D eigenvalue weighted by molar-refractivity contribution is -0.114. The largest absolute Gasteiger partial charge is 0.341 e. The maximum atomic E-state index is 12.6. The van der Waals surface area contributed by atoms with E-state index in [1.54, 1.807) is 0 Å². The second kappa shape index (κ2) is 16.5. The number of thiocarbonyl (C=S) groups is 2. The number of hydrogen-bond acceptors (Lipinski definition) is 6. The van der Waals surface area contributed by atoms with Gasteiger partial charge in [0.05, 0.1) is 11.5 Å². The highest BCUT2D eigenvalue weighted by atomic mass is 79.9. The molecule has 0 saturated heterocycles. The Hall–Kier alpha value is -2.74. The lowest BCUT2D eigenvalue weighted by atomic mass is 10.00. The van der Waals surface area contributed by atoms with E-state index in [0.717, 1.165) is 53.9 Å². The minimum Gasteiger partial charge on any atom is -0.341 e. The van der Waals surface area contributed by atoms with Crippen molar-refractivity contribution in [2.24, 2.45) is 0 Å². The van der Waals surface area contributed by atoms with E-state index < -0.39 is 0 Å². The lowest BCUT2D eigenvalue weighted by Crippen LogP contribution is -2.17. The Morgan fingerprint density at radius 1 is 0.591 bits per heavy atom. The third-order valence-corrected chi connectivity index (χ3v) is 9.69. The zero-order valence-corrected chi connectivity index (χ0v) is 30.1. The molecule has 0 aliphatic heterocycles. The Morgan fingerprint density at radius 3 is 1.30 bits per heavy atom. The van der Waals surface area contributed by atoms with Gasteiger partial charge in [-0.1, -0.05) is 92.0 Å². The summed E-state index contributed by atoms with van der Waals surface area (Å²) in [4.78, 5) is 25.2. The maximum absolute atomic E-state index is 12.6. The third kappa shape index (κ3) is 10.7. The molecule has 0 fully saturated rings. The molecule has 6 nitrogen and oxygen atoms in total. The fourth-order valence-corrected chi connectivity index (χ4v) is 6.14. The standard InChI is InChI=1S/C32H28Br2N4O2S4/c1-19-15-21(3-13-27(19)37-29(39)17-43-31(41)35-25-9-5-23(33)6-10-25)22-4-14-28(20(2)16-22)38-30(40)18-44-32(42)36-26-11-7-24(34)8-12-26/h3-16H,17-18H2,1-2H3,(H,35,41)(H,36,42)(H,37,39)(H,38,40). The number of carbonyl (C=O) groups excluding carboxylic acids is 2. The smallest absolute Gasteiger partial charge is 0.234 e. The molecule has 0 aromatic heterocycles. The molecule has 0 aliphatic rings. The molecule has 4 aromatic carbocycles. The summed E-state index contributed by atoms with van der Waals surface area (Å²) in [7, 11) is 0. The van der Waals surface area contributed by atoms with Crippen LogP contribution >= 0.6 is 79.8 Å². The first kappa shape index (κ1) is 34.1. The predicted octanol–water partition coefficient (Wildman–Crippen LogP) is 9.63. The number of thioether (sulfide) groups is 2. The quantitative estimate of drug-likeness (QED) is 0.125. The number of nitrogens with one attached hydrogen (secondary N) is 4. The van der Waals surface area contributed by atoms with Crippen molar-refractivity contribution >= 4 is 123 Å². The normalized spacial score (nSPS) is 10.5. The van der Waals surface area contributed by atoms with Crippen LogP contribution in [0.25, 0.3) is 11.1 Å². The van der Waals surface area contributed by atoms with Gasteiger partial charge in [-0.3, -0.25) is 9.59 Å². The lowest BCUT2D eigenvalue weighted by Gasteiger charge is -2.13. The number of amides is 2. The molecule has 0 unspecified atom stereocenters. The van der Waals surface area contributed by atoms with E-state index in [2.05, 4.69) is 53.1 Å². The highest BCUT2D eigenvalue weighted by Gasteiger charge is 2.11. The van der Waals surface area contributed by atoms with Gasteiger partial charge in [0.25, 0.3) is 0 Å². The van der Waals surface area contributed by atoms with Crippen LogP contribution in [0, 0.1) is 13.8 Å². The third-order valence-electron chi connectivity index (χ3n) is 6.18.